The topological polar surface area (TPSA) is 81.8 Å². The zero-order chi connectivity index (χ0) is 15.9. The molecular weight excluding hydrogens is 296 g/mol. The van der Waals surface area contributed by atoms with Crippen LogP contribution in [0.3, 0.4) is 0 Å². The first-order valence-corrected chi connectivity index (χ1v) is 8.20. The van der Waals surface area contributed by atoms with E-state index < -0.39 is 9.84 Å². The van der Waals surface area contributed by atoms with Crippen molar-refractivity contribution in [3.05, 3.63) is 70.1 Å². The lowest BCUT2D eigenvalue weighted by atomic mass is 9.94. The van der Waals surface area contributed by atoms with Gasteiger partial charge < -0.3 is 0 Å². The Morgan fingerprint density at radius 1 is 0.864 bits per heavy atom. The summed E-state index contributed by atoms with van der Waals surface area (Å²) >= 11 is 0. The quantitative estimate of drug-likeness (QED) is 0.893. The molecule has 0 fully saturated rings. The maximum absolute atomic E-state index is 12.8. The first-order chi connectivity index (χ1) is 10.4. The van der Waals surface area contributed by atoms with Crippen LogP contribution in [-0.2, 0) is 9.84 Å². The molecule has 0 bridgehead atoms. The highest BCUT2D eigenvalue weighted by molar-refractivity contribution is 7.96. The van der Waals surface area contributed by atoms with Crippen molar-refractivity contribution >= 4 is 27.3 Å². The lowest BCUT2D eigenvalue weighted by molar-refractivity contribution is 0.603. The van der Waals surface area contributed by atoms with Crippen LogP contribution in [-0.4, -0.2) is 19.8 Å². The van der Waals surface area contributed by atoms with Gasteiger partial charge >= 0.3 is 0 Å². The third kappa shape index (κ3) is 2.19. The molecule has 3 rings (SSSR count). The van der Waals surface area contributed by atoms with Gasteiger partial charge in [-0.25, -0.2) is 8.42 Å². The minimum absolute atomic E-state index is 0.0659. The average molecular weight is 310 g/mol. The Morgan fingerprint density at radius 3 is 2.18 bits per heavy atom. The van der Waals surface area contributed by atoms with E-state index in [2.05, 4.69) is 0 Å². The molecule has 5 heteroatoms. The third-order valence-corrected chi connectivity index (χ3v) is 5.43. The summed E-state index contributed by atoms with van der Waals surface area (Å²) in [5.41, 5.74) is 1.86. The second-order valence-corrected chi connectivity index (χ2v) is 7.08. The van der Waals surface area contributed by atoms with Crippen molar-refractivity contribution in [3.8, 4) is 0 Å². The predicted molar refractivity (Wildman–Crippen MR) is 87.3 cm³/mol. The van der Waals surface area contributed by atoms with Crippen LogP contribution >= 0.6 is 0 Å². The molecule has 2 N–H and O–H groups in total. The van der Waals surface area contributed by atoms with Gasteiger partial charge in [0.25, 0.3) is 0 Å². The monoisotopic (exact) mass is 310 g/mol. The highest BCUT2D eigenvalue weighted by Crippen LogP contribution is 2.29. The molecule has 0 aromatic heterocycles. The maximum atomic E-state index is 12.8. The second-order valence-electron chi connectivity index (χ2n) is 5.16. The number of nitrogens with one attached hydrogen (secondary N) is 2. The van der Waals surface area contributed by atoms with Gasteiger partial charge in [-0.15, -0.1) is 0 Å². The highest BCUT2D eigenvalue weighted by Gasteiger charge is 2.30. The third-order valence-electron chi connectivity index (χ3n) is 3.63. The zero-order valence-electron chi connectivity index (χ0n) is 11.9. The van der Waals surface area contributed by atoms with E-state index >= 15 is 0 Å². The fourth-order valence-electron chi connectivity index (χ4n) is 2.38. The molecular formula is C17H14N2O2S. The van der Waals surface area contributed by atoms with Crippen LogP contribution in [0.1, 0.15) is 16.7 Å². The van der Waals surface area contributed by atoms with Gasteiger partial charge in [-0.3, -0.25) is 10.8 Å². The molecule has 0 amide bonds. The molecule has 0 spiro atoms. The summed E-state index contributed by atoms with van der Waals surface area (Å²) < 4.78 is 25.5. The van der Waals surface area contributed by atoms with Crippen molar-refractivity contribution < 1.29 is 8.42 Å². The van der Waals surface area contributed by atoms with Crippen LogP contribution in [0.4, 0.5) is 0 Å². The SMILES string of the molecule is Cc1ccc(S(=O)(=O)C2=Cc3ccccc3C(=N)C2=N)cc1. The first-order valence-electron chi connectivity index (χ1n) is 6.72. The Morgan fingerprint density at radius 2 is 1.50 bits per heavy atom. The van der Waals surface area contributed by atoms with E-state index in [1.165, 1.54) is 18.2 Å². The molecule has 0 saturated heterocycles. The number of benzene rings is 2. The molecule has 0 unspecified atom stereocenters. The van der Waals surface area contributed by atoms with Crippen LogP contribution in [0, 0.1) is 17.7 Å². The highest BCUT2D eigenvalue weighted by atomic mass is 32.2. The summed E-state index contributed by atoms with van der Waals surface area (Å²) in [7, 11) is -3.81. The largest absolute Gasteiger partial charge is 0.298 e. The lowest BCUT2D eigenvalue weighted by Crippen LogP contribution is -2.25. The van der Waals surface area contributed by atoms with Gasteiger partial charge in [0, 0.05) is 5.56 Å². The summed E-state index contributed by atoms with van der Waals surface area (Å²) in [5, 5.41) is 16.1. The summed E-state index contributed by atoms with van der Waals surface area (Å²) in [4.78, 5) is 0.0151. The minimum atomic E-state index is -3.81. The second kappa shape index (κ2) is 5.03. The molecule has 0 heterocycles. The molecule has 0 atom stereocenters. The van der Waals surface area contributed by atoms with Crippen LogP contribution < -0.4 is 0 Å². The van der Waals surface area contributed by atoms with Crippen molar-refractivity contribution in [3.63, 3.8) is 0 Å². The Bertz CT molecular complexity index is 923. The summed E-state index contributed by atoms with van der Waals surface area (Å²) in [6.07, 6.45) is 1.48. The molecule has 22 heavy (non-hydrogen) atoms. The maximum Gasteiger partial charge on any atom is 0.208 e. The zero-order valence-corrected chi connectivity index (χ0v) is 12.7. The van der Waals surface area contributed by atoms with Gasteiger partial charge in [0.1, 0.15) is 0 Å². The smallest absolute Gasteiger partial charge is 0.208 e. The van der Waals surface area contributed by atoms with Crippen LogP contribution in [0.15, 0.2) is 58.3 Å². The van der Waals surface area contributed by atoms with Crippen molar-refractivity contribution in [1.82, 2.24) is 0 Å². The Balaban J connectivity index is 2.19. The molecule has 110 valence electrons. The number of allylic oxidation sites excluding steroid dienone is 1. The number of fused-ring (bicyclic) bond motifs is 1. The minimum Gasteiger partial charge on any atom is -0.298 e. The summed E-state index contributed by atoms with van der Waals surface area (Å²) in [5.74, 6) is 0. The Labute approximate surface area is 129 Å². The number of sulfone groups is 1. The molecule has 2 aromatic carbocycles. The van der Waals surface area contributed by atoms with E-state index in [-0.39, 0.29) is 21.2 Å². The molecule has 0 aliphatic heterocycles. The molecule has 4 nitrogen and oxygen atoms in total. The summed E-state index contributed by atoms with van der Waals surface area (Å²) in [6, 6.07) is 13.5. The lowest BCUT2D eigenvalue weighted by Gasteiger charge is -2.18. The Kier molecular flexibility index (Phi) is 3.30. The Hall–Kier alpha value is -2.53. The van der Waals surface area contributed by atoms with Crippen LogP contribution in [0.2, 0.25) is 0 Å². The van der Waals surface area contributed by atoms with Crippen molar-refractivity contribution in [2.24, 2.45) is 0 Å². The van der Waals surface area contributed by atoms with E-state index in [9.17, 15) is 8.42 Å². The molecule has 2 aromatic rings. The van der Waals surface area contributed by atoms with Crippen LogP contribution in [0.5, 0.6) is 0 Å². The van der Waals surface area contributed by atoms with Gasteiger partial charge in [0.15, 0.2) is 0 Å². The predicted octanol–water partition coefficient (Wildman–Crippen LogP) is 3.21. The first kappa shape index (κ1) is 14.4. The molecule has 1 aliphatic rings. The van der Waals surface area contributed by atoms with Gasteiger partial charge in [-0.2, -0.15) is 0 Å². The fraction of sp³-hybridized carbons (Fsp3) is 0.0588. The number of rotatable bonds is 2. The molecule has 0 radical (unpaired) electrons. The van der Waals surface area contributed by atoms with Gasteiger partial charge in [0.05, 0.1) is 21.2 Å². The average Bonchev–Trinajstić information content (AvgIpc) is 2.51. The van der Waals surface area contributed by atoms with Crippen LogP contribution in [0.25, 0.3) is 6.08 Å². The van der Waals surface area contributed by atoms with Crippen molar-refractivity contribution in [1.29, 1.82) is 10.8 Å². The molecule has 1 aliphatic carbocycles. The number of aryl methyl sites for hydroxylation is 1. The van der Waals surface area contributed by atoms with E-state index in [4.69, 9.17) is 10.8 Å². The van der Waals surface area contributed by atoms with E-state index in [1.807, 2.05) is 6.92 Å². The van der Waals surface area contributed by atoms with Gasteiger partial charge in [-0.1, -0.05) is 42.0 Å². The normalized spacial score (nSPS) is 14.5. The standard InChI is InChI=1S/C17H14N2O2S/c1-11-6-8-13(9-7-11)22(20,21)15-10-12-4-2-3-5-14(12)16(18)17(15)19/h2-10,18-19H,1H3. The van der Waals surface area contributed by atoms with E-state index in [0.29, 0.717) is 11.1 Å². The number of hydrogen-bond acceptors (Lipinski definition) is 4. The fourth-order valence-corrected chi connectivity index (χ4v) is 3.78. The van der Waals surface area contributed by atoms with E-state index in [0.717, 1.165) is 5.56 Å². The van der Waals surface area contributed by atoms with E-state index in [1.54, 1.807) is 36.4 Å². The molecule has 0 saturated carbocycles. The summed E-state index contributed by atoms with van der Waals surface area (Å²) in [6.45, 7) is 1.88. The number of hydrogen-bond donors (Lipinski definition) is 2. The van der Waals surface area contributed by atoms with Gasteiger partial charge in [-0.05, 0) is 30.7 Å². The van der Waals surface area contributed by atoms with Gasteiger partial charge in [0.2, 0.25) is 9.84 Å². The van der Waals surface area contributed by atoms with Crippen molar-refractivity contribution in [2.75, 3.05) is 0 Å². The van der Waals surface area contributed by atoms with Crippen molar-refractivity contribution in [2.45, 2.75) is 11.8 Å².